The van der Waals surface area contributed by atoms with Crippen molar-refractivity contribution < 1.29 is 4.79 Å². The van der Waals surface area contributed by atoms with Crippen LogP contribution in [0.5, 0.6) is 0 Å². The molecule has 1 heterocycles. The molecule has 3 aromatic rings. The molecule has 0 saturated heterocycles. The minimum absolute atomic E-state index is 0.114. The lowest BCUT2D eigenvalue weighted by Gasteiger charge is -2.34. The Hall–Kier alpha value is -2.79. The summed E-state index contributed by atoms with van der Waals surface area (Å²) < 4.78 is 0. The number of benzene rings is 2. The number of nitrogens with zero attached hydrogens (tertiary/aromatic N) is 1. The van der Waals surface area contributed by atoms with Crippen molar-refractivity contribution >= 4 is 34.2 Å². The molecule has 1 aliphatic carbocycles. The van der Waals surface area contributed by atoms with E-state index in [0.717, 1.165) is 47.7 Å². The largest absolute Gasteiger partial charge is 0.322 e. The molecule has 4 rings (SSSR count). The molecule has 0 radical (unpaired) electrons. The first-order chi connectivity index (χ1) is 14.9. The number of halogens is 1. The van der Waals surface area contributed by atoms with E-state index in [4.69, 9.17) is 11.6 Å². The van der Waals surface area contributed by atoms with E-state index in [1.807, 2.05) is 36.9 Å². The van der Waals surface area contributed by atoms with Crippen LogP contribution < -0.4 is 10.9 Å². The average Bonchev–Trinajstić information content (AvgIpc) is 2.76. The van der Waals surface area contributed by atoms with Crippen molar-refractivity contribution in [3.05, 3.63) is 74.5 Å². The molecule has 2 N–H and O–H groups in total. The number of pyridine rings is 1. The lowest BCUT2D eigenvalue weighted by Crippen LogP contribution is -2.44. The third-order valence-electron chi connectivity index (χ3n) is 6.32. The molecule has 0 aliphatic heterocycles. The highest BCUT2D eigenvalue weighted by molar-refractivity contribution is 6.30. The van der Waals surface area contributed by atoms with Crippen molar-refractivity contribution in [3.63, 3.8) is 0 Å². The summed E-state index contributed by atoms with van der Waals surface area (Å²) in [6.07, 6.45) is 5.28. The Morgan fingerprint density at radius 2 is 1.90 bits per heavy atom. The van der Waals surface area contributed by atoms with Crippen LogP contribution in [0.1, 0.15) is 48.8 Å². The Morgan fingerprint density at radius 1 is 1.13 bits per heavy atom. The Balaban J connectivity index is 1.65. The van der Waals surface area contributed by atoms with Gasteiger partial charge in [0.05, 0.1) is 12.1 Å². The Morgan fingerprint density at radius 3 is 2.65 bits per heavy atom. The second kappa shape index (κ2) is 9.15. The van der Waals surface area contributed by atoms with Crippen molar-refractivity contribution in [2.45, 2.75) is 58.5 Å². The van der Waals surface area contributed by atoms with Crippen LogP contribution in [-0.4, -0.2) is 22.0 Å². The van der Waals surface area contributed by atoms with Gasteiger partial charge in [0.1, 0.15) is 0 Å². The topological polar surface area (TPSA) is 65.2 Å². The lowest BCUT2D eigenvalue weighted by atomic mass is 9.94. The highest BCUT2D eigenvalue weighted by Crippen LogP contribution is 2.26. The zero-order valence-corrected chi connectivity index (χ0v) is 18.8. The summed E-state index contributed by atoms with van der Waals surface area (Å²) in [4.78, 5) is 31.0. The standard InChI is InChI=1S/C25H28ClN3O2/c1-16-11-12-18-13-19(24(30)28-23(18)17(16)2)15-29(22-9-4-3-5-10-22)25(31)27-21-8-6-7-20(26)14-21/h6-8,11-14,22H,3-5,9-10,15H2,1-2H3,(H,27,31)(H,28,30). The number of nitrogens with one attached hydrogen (secondary N) is 2. The van der Waals surface area contributed by atoms with E-state index < -0.39 is 0 Å². The molecule has 2 amide bonds. The Bertz CT molecular complexity index is 1170. The highest BCUT2D eigenvalue weighted by Gasteiger charge is 2.26. The maximum atomic E-state index is 13.3. The van der Waals surface area contributed by atoms with Crippen molar-refractivity contribution in [1.29, 1.82) is 0 Å². The van der Waals surface area contributed by atoms with Crippen LogP contribution in [0, 0.1) is 13.8 Å². The van der Waals surface area contributed by atoms with Crippen molar-refractivity contribution in [3.8, 4) is 0 Å². The molecule has 0 unspecified atom stereocenters. The van der Waals surface area contributed by atoms with E-state index in [1.54, 1.807) is 18.2 Å². The monoisotopic (exact) mass is 437 g/mol. The molecular weight excluding hydrogens is 410 g/mol. The summed E-state index contributed by atoms with van der Waals surface area (Å²) in [5.74, 6) is 0. The number of hydrogen-bond donors (Lipinski definition) is 2. The van der Waals surface area contributed by atoms with Crippen LogP contribution in [-0.2, 0) is 6.54 Å². The summed E-state index contributed by atoms with van der Waals surface area (Å²) in [7, 11) is 0. The minimum atomic E-state index is -0.200. The smallest absolute Gasteiger partial charge is 0.321 e. The van der Waals surface area contributed by atoms with Crippen LogP contribution in [0.4, 0.5) is 10.5 Å². The molecule has 162 valence electrons. The number of carbonyl (C=O) groups excluding carboxylic acids is 1. The number of hydrogen-bond acceptors (Lipinski definition) is 2. The first-order valence-electron chi connectivity index (χ1n) is 10.9. The summed E-state index contributed by atoms with van der Waals surface area (Å²) in [6, 6.07) is 13.0. The normalized spacial score (nSPS) is 14.5. The van der Waals surface area contributed by atoms with Gasteiger partial charge < -0.3 is 15.2 Å². The van der Waals surface area contributed by atoms with Gasteiger partial charge in [0.15, 0.2) is 0 Å². The Kier molecular flexibility index (Phi) is 6.33. The predicted octanol–water partition coefficient (Wildman–Crippen LogP) is 6.17. The second-order valence-corrected chi connectivity index (χ2v) is 8.89. The first-order valence-corrected chi connectivity index (χ1v) is 11.3. The number of carbonyl (C=O) groups is 1. The van der Waals surface area contributed by atoms with Crippen LogP contribution in [0.2, 0.25) is 5.02 Å². The SMILES string of the molecule is Cc1ccc2cc(CN(C(=O)Nc3cccc(Cl)c3)C3CCCCC3)c(=O)[nH]c2c1C. The number of H-pyrrole nitrogens is 1. The average molecular weight is 438 g/mol. The van der Waals surface area contributed by atoms with Gasteiger partial charge in [-0.05, 0) is 67.5 Å². The summed E-state index contributed by atoms with van der Waals surface area (Å²) in [5.41, 5.74) is 4.18. The van der Waals surface area contributed by atoms with Crippen LogP contribution in [0.3, 0.4) is 0 Å². The number of fused-ring (bicyclic) bond motifs is 1. The number of aryl methyl sites for hydroxylation is 2. The third-order valence-corrected chi connectivity index (χ3v) is 6.56. The van der Waals surface area contributed by atoms with E-state index in [0.29, 0.717) is 16.3 Å². The fourth-order valence-corrected chi connectivity index (χ4v) is 4.58. The van der Waals surface area contributed by atoms with Crippen LogP contribution in [0.25, 0.3) is 10.9 Å². The number of anilines is 1. The van der Waals surface area contributed by atoms with Crippen molar-refractivity contribution in [2.75, 3.05) is 5.32 Å². The highest BCUT2D eigenvalue weighted by atomic mass is 35.5. The van der Waals surface area contributed by atoms with Crippen molar-refractivity contribution in [2.24, 2.45) is 0 Å². The molecule has 5 nitrogen and oxygen atoms in total. The third kappa shape index (κ3) is 4.77. The number of amides is 2. The summed E-state index contributed by atoms with van der Waals surface area (Å²) in [5, 5.41) is 4.52. The second-order valence-electron chi connectivity index (χ2n) is 8.46. The molecule has 6 heteroatoms. The van der Waals surface area contributed by atoms with E-state index in [2.05, 4.69) is 16.4 Å². The summed E-state index contributed by atoms with van der Waals surface area (Å²) in [6.45, 7) is 4.32. The van der Waals surface area contributed by atoms with Gasteiger partial charge in [-0.25, -0.2) is 4.79 Å². The van der Waals surface area contributed by atoms with Crippen LogP contribution >= 0.6 is 11.6 Å². The van der Waals surface area contributed by atoms with E-state index >= 15 is 0 Å². The molecular formula is C25H28ClN3O2. The number of aromatic nitrogens is 1. The van der Waals surface area contributed by atoms with Gasteiger partial charge in [-0.2, -0.15) is 0 Å². The maximum Gasteiger partial charge on any atom is 0.322 e. The van der Waals surface area contributed by atoms with Gasteiger partial charge >= 0.3 is 6.03 Å². The molecule has 1 saturated carbocycles. The van der Waals surface area contributed by atoms with E-state index in [9.17, 15) is 9.59 Å². The molecule has 2 aromatic carbocycles. The quantitative estimate of drug-likeness (QED) is 0.512. The van der Waals surface area contributed by atoms with Gasteiger partial charge in [-0.1, -0.05) is 49.1 Å². The Labute approximate surface area is 187 Å². The first kappa shape index (κ1) is 21.4. The molecule has 31 heavy (non-hydrogen) atoms. The molecule has 1 aromatic heterocycles. The van der Waals surface area contributed by atoms with E-state index in [-0.39, 0.29) is 24.2 Å². The fourth-order valence-electron chi connectivity index (χ4n) is 4.39. The zero-order chi connectivity index (χ0) is 22.0. The molecule has 0 bridgehead atoms. The lowest BCUT2D eigenvalue weighted by molar-refractivity contribution is 0.162. The zero-order valence-electron chi connectivity index (χ0n) is 18.0. The maximum absolute atomic E-state index is 13.3. The molecule has 0 spiro atoms. The number of urea groups is 1. The van der Waals surface area contributed by atoms with Gasteiger partial charge in [0.2, 0.25) is 0 Å². The van der Waals surface area contributed by atoms with E-state index in [1.165, 1.54) is 6.42 Å². The fraction of sp³-hybridized carbons (Fsp3) is 0.360. The molecule has 1 aliphatic rings. The minimum Gasteiger partial charge on any atom is -0.321 e. The molecule has 0 atom stereocenters. The van der Waals surface area contributed by atoms with Gasteiger partial charge in [0, 0.05) is 22.3 Å². The van der Waals surface area contributed by atoms with Gasteiger partial charge in [0.25, 0.3) is 5.56 Å². The number of aromatic amines is 1. The van der Waals surface area contributed by atoms with Gasteiger partial charge in [-0.15, -0.1) is 0 Å². The molecule has 1 fully saturated rings. The number of rotatable bonds is 4. The van der Waals surface area contributed by atoms with Crippen molar-refractivity contribution in [1.82, 2.24) is 9.88 Å². The summed E-state index contributed by atoms with van der Waals surface area (Å²) >= 11 is 6.08. The van der Waals surface area contributed by atoms with Crippen LogP contribution in [0.15, 0.2) is 47.3 Å². The van der Waals surface area contributed by atoms with Gasteiger partial charge in [-0.3, -0.25) is 4.79 Å². The predicted molar refractivity (Wildman–Crippen MR) is 127 cm³/mol.